The van der Waals surface area contributed by atoms with E-state index in [2.05, 4.69) is 10.6 Å². The Morgan fingerprint density at radius 2 is 1.72 bits per heavy atom. The van der Waals surface area contributed by atoms with Gasteiger partial charge in [-0.2, -0.15) is 0 Å². The molecule has 0 saturated carbocycles. The molecule has 25 heavy (non-hydrogen) atoms. The van der Waals surface area contributed by atoms with Crippen molar-refractivity contribution in [1.82, 2.24) is 5.32 Å². The fourth-order valence-electron chi connectivity index (χ4n) is 2.32. The number of rotatable bonds is 7. The van der Waals surface area contributed by atoms with E-state index < -0.39 is 0 Å². The number of hydrogen-bond acceptors (Lipinski definition) is 3. The average Bonchev–Trinajstić information content (AvgIpc) is 2.60. The molecule has 0 saturated heterocycles. The van der Waals surface area contributed by atoms with E-state index in [-0.39, 0.29) is 11.8 Å². The van der Waals surface area contributed by atoms with Gasteiger partial charge in [-0.1, -0.05) is 36.4 Å². The van der Waals surface area contributed by atoms with Crippen LogP contribution in [0.4, 0.5) is 5.69 Å². The van der Waals surface area contributed by atoms with Gasteiger partial charge in [0.15, 0.2) is 0 Å². The number of carbonyl (C=O) groups is 2. The van der Waals surface area contributed by atoms with Crippen LogP contribution in [0.3, 0.4) is 0 Å². The van der Waals surface area contributed by atoms with E-state index in [1.54, 1.807) is 25.3 Å². The lowest BCUT2D eigenvalue weighted by Crippen LogP contribution is -2.21. The summed E-state index contributed by atoms with van der Waals surface area (Å²) in [7, 11) is 1.65. The quantitative estimate of drug-likeness (QED) is 0.762. The van der Waals surface area contributed by atoms with Crippen LogP contribution in [0.25, 0.3) is 6.08 Å². The Morgan fingerprint density at radius 1 is 1.04 bits per heavy atom. The van der Waals surface area contributed by atoms with Gasteiger partial charge >= 0.3 is 0 Å². The van der Waals surface area contributed by atoms with Crippen molar-refractivity contribution in [3.63, 3.8) is 0 Å². The number of amides is 2. The Labute approximate surface area is 147 Å². The maximum absolute atomic E-state index is 12.0. The van der Waals surface area contributed by atoms with Gasteiger partial charge in [0.2, 0.25) is 11.8 Å². The first kappa shape index (κ1) is 18.4. The van der Waals surface area contributed by atoms with Gasteiger partial charge in [0.25, 0.3) is 0 Å². The molecule has 5 nitrogen and oxygen atoms in total. The Bertz CT molecular complexity index is 752. The van der Waals surface area contributed by atoms with E-state index in [1.165, 1.54) is 13.0 Å². The van der Waals surface area contributed by atoms with Crippen LogP contribution in [-0.2, 0) is 27.5 Å². The number of benzene rings is 2. The van der Waals surface area contributed by atoms with Gasteiger partial charge in [0.1, 0.15) is 0 Å². The molecule has 0 unspecified atom stereocenters. The van der Waals surface area contributed by atoms with E-state index in [0.29, 0.717) is 13.2 Å². The number of methoxy groups -OCH3 is 1. The van der Waals surface area contributed by atoms with Gasteiger partial charge in [0.05, 0.1) is 6.61 Å². The number of anilines is 1. The van der Waals surface area contributed by atoms with E-state index >= 15 is 0 Å². The lowest BCUT2D eigenvalue weighted by molar-refractivity contribution is -0.116. The number of nitrogens with one attached hydrogen (secondary N) is 2. The second-order valence-corrected chi connectivity index (χ2v) is 5.56. The summed E-state index contributed by atoms with van der Waals surface area (Å²) in [5, 5.41) is 5.57. The molecule has 2 amide bonds. The predicted molar refractivity (Wildman–Crippen MR) is 98.8 cm³/mol. The molecule has 0 radical (unpaired) electrons. The molecular weight excluding hydrogens is 316 g/mol. The molecule has 0 aromatic heterocycles. The van der Waals surface area contributed by atoms with Crippen LogP contribution >= 0.6 is 0 Å². The monoisotopic (exact) mass is 338 g/mol. The van der Waals surface area contributed by atoms with Crippen LogP contribution in [0.1, 0.15) is 23.6 Å². The van der Waals surface area contributed by atoms with E-state index in [4.69, 9.17) is 4.74 Å². The maximum Gasteiger partial charge on any atom is 0.244 e. The smallest absolute Gasteiger partial charge is 0.244 e. The zero-order valence-electron chi connectivity index (χ0n) is 14.4. The molecule has 2 aromatic carbocycles. The van der Waals surface area contributed by atoms with Crippen molar-refractivity contribution in [2.75, 3.05) is 12.4 Å². The lowest BCUT2D eigenvalue weighted by Gasteiger charge is -2.09. The Morgan fingerprint density at radius 3 is 2.36 bits per heavy atom. The Balaban J connectivity index is 1.89. The highest BCUT2D eigenvalue weighted by atomic mass is 16.5. The summed E-state index contributed by atoms with van der Waals surface area (Å²) in [5.41, 5.74) is 3.70. The highest BCUT2D eigenvalue weighted by Crippen LogP contribution is 2.11. The summed E-state index contributed by atoms with van der Waals surface area (Å²) >= 11 is 0. The van der Waals surface area contributed by atoms with Crippen LogP contribution in [0, 0.1) is 0 Å². The molecule has 0 aliphatic heterocycles. The highest BCUT2D eigenvalue weighted by Gasteiger charge is 2.03. The summed E-state index contributed by atoms with van der Waals surface area (Å²) in [6, 6.07) is 15.1. The summed E-state index contributed by atoms with van der Waals surface area (Å²) in [6.07, 6.45) is 3.22. The normalized spacial score (nSPS) is 10.6. The van der Waals surface area contributed by atoms with Crippen molar-refractivity contribution in [3.05, 3.63) is 71.3 Å². The number of ether oxygens (including phenoxy) is 1. The Hall–Kier alpha value is -2.92. The fourth-order valence-corrected chi connectivity index (χ4v) is 2.32. The van der Waals surface area contributed by atoms with Gasteiger partial charge in [-0.25, -0.2) is 0 Å². The second-order valence-electron chi connectivity index (χ2n) is 5.56. The number of carbonyl (C=O) groups excluding carboxylic acids is 2. The molecule has 5 heteroatoms. The molecule has 0 aliphatic rings. The first-order valence-corrected chi connectivity index (χ1v) is 7.98. The molecule has 2 N–H and O–H groups in total. The van der Waals surface area contributed by atoms with Crippen molar-refractivity contribution in [2.24, 2.45) is 0 Å². The summed E-state index contributed by atoms with van der Waals surface area (Å²) < 4.78 is 5.16. The molecule has 0 spiro atoms. The van der Waals surface area contributed by atoms with Crippen LogP contribution in [0.15, 0.2) is 54.6 Å². The second kappa shape index (κ2) is 9.39. The summed E-state index contributed by atoms with van der Waals surface area (Å²) in [4.78, 5) is 23.0. The standard InChI is InChI=1S/C20H22N2O3/c1-15(23)22-19-10-7-16(8-11-19)9-12-20(24)21-13-17-5-3-4-6-18(17)14-25-2/h3-12H,13-14H2,1-2H3,(H,21,24)(H,22,23)/b12-9+. The SMILES string of the molecule is COCc1ccccc1CNC(=O)/C=C/c1ccc(NC(C)=O)cc1. The Kier molecular flexibility index (Phi) is 6.92. The van der Waals surface area contributed by atoms with Gasteiger partial charge in [-0.3, -0.25) is 9.59 Å². The molecule has 0 heterocycles. The fraction of sp³-hybridized carbons (Fsp3) is 0.200. The molecule has 0 atom stereocenters. The van der Waals surface area contributed by atoms with E-state index in [0.717, 1.165) is 22.4 Å². The van der Waals surface area contributed by atoms with Crippen molar-refractivity contribution >= 4 is 23.6 Å². The van der Waals surface area contributed by atoms with Crippen molar-refractivity contribution < 1.29 is 14.3 Å². The van der Waals surface area contributed by atoms with Crippen molar-refractivity contribution in [2.45, 2.75) is 20.1 Å². The minimum atomic E-state index is -0.168. The van der Waals surface area contributed by atoms with Gasteiger partial charge < -0.3 is 15.4 Å². The van der Waals surface area contributed by atoms with Gasteiger partial charge in [-0.15, -0.1) is 0 Å². The molecule has 130 valence electrons. The first-order chi connectivity index (χ1) is 12.1. The first-order valence-electron chi connectivity index (χ1n) is 7.98. The molecular formula is C20H22N2O3. The lowest BCUT2D eigenvalue weighted by atomic mass is 10.1. The minimum absolute atomic E-state index is 0.114. The summed E-state index contributed by atoms with van der Waals surface area (Å²) in [6.45, 7) is 2.43. The third-order valence-electron chi connectivity index (χ3n) is 3.53. The van der Waals surface area contributed by atoms with Crippen LogP contribution in [0.5, 0.6) is 0 Å². The van der Waals surface area contributed by atoms with Gasteiger partial charge in [0, 0.05) is 32.3 Å². The minimum Gasteiger partial charge on any atom is -0.380 e. The zero-order valence-corrected chi connectivity index (χ0v) is 14.4. The molecule has 2 rings (SSSR count). The van der Waals surface area contributed by atoms with Gasteiger partial charge in [-0.05, 0) is 34.9 Å². The zero-order chi connectivity index (χ0) is 18.1. The van der Waals surface area contributed by atoms with Crippen LogP contribution in [-0.4, -0.2) is 18.9 Å². The van der Waals surface area contributed by atoms with Crippen LogP contribution < -0.4 is 10.6 Å². The predicted octanol–water partition coefficient (Wildman–Crippen LogP) is 3.12. The number of hydrogen-bond donors (Lipinski definition) is 2. The van der Waals surface area contributed by atoms with Crippen molar-refractivity contribution in [1.29, 1.82) is 0 Å². The van der Waals surface area contributed by atoms with E-state index in [9.17, 15) is 9.59 Å². The third-order valence-corrected chi connectivity index (χ3v) is 3.53. The topological polar surface area (TPSA) is 67.4 Å². The molecule has 0 bridgehead atoms. The van der Waals surface area contributed by atoms with E-state index in [1.807, 2.05) is 36.4 Å². The largest absolute Gasteiger partial charge is 0.380 e. The van der Waals surface area contributed by atoms with Crippen molar-refractivity contribution in [3.8, 4) is 0 Å². The molecule has 0 fully saturated rings. The summed E-state index contributed by atoms with van der Waals surface area (Å²) in [5.74, 6) is -0.283. The maximum atomic E-state index is 12.0. The molecule has 0 aliphatic carbocycles. The highest BCUT2D eigenvalue weighted by molar-refractivity contribution is 5.92. The van der Waals surface area contributed by atoms with Crippen LogP contribution in [0.2, 0.25) is 0 Å². The molecule has 2 aromatic rings. The third kappa shape index (κ3) is 6.24. The average molecular weight is 338 g/mol.